The first-order valence-electron chi connectivity index (χ1n) is 4.19. The standard InChI is InChI=1S/C12H7Br2/c13-10-6-7-12(14)11(8-10)9-4-2-1-3-5-9/h2-8H. The van der Waals surface area contributed by atoms with Crippen molar-refractivity contribution >= 4 is 31.9 Å². The molecular weight excluding hydrogens is 304 g/mol. The molecule has 0 heterocycles. The van der Waals surface area contributed by atoms with Crippen LogP contribution in [0.2, 0.25) is 0 Å². The third kappa shape index (κ3) is 2.07. The van der Waals surface area contributed by atoms with Gasteiger partial charge < -0.3 is 0 Å². The van der Waals surface area contributed by atoms with Crippen molar-refractivity contribution in [3.05, 3.63) is 57.5 Å². The summed E-state index contributed by atoms with van der Waals surface area (Å²) in [6.07, 6.45) is 0. The highest BCUT2D eigenvalue weighted by Gasteiger charge is 2.02. The van der Waals surface area contributed by atoms with Gasteiger partial charge >= 0.3 is 0 Å². The van der Waals surface area contributed by atoms with Gasteiger partial charge in [-0.05, 0) is 35.4 Å². The quantitative estimate of drug-likeness (QED) is 0.717. The Labute approximate surface area is 100 Å². The molecule has 2 aromatic rings. The summed E-state index contributed by atoms with van der Waals surface area (Å²) in [4.78, 5) is 0. The molecule has 1 radical (unpaired) electrons. The Morgan fingerprint density at radius 3 is 2.36 bits per heavy atom. The zero-order valence-corrected chi connectivity index (χ0v) is 10.5. The van der Waals surface area contributed by atoms with Crippen LogP contribution in [0.1, 0.15) is 0 Å². The van der Waals surface area contributed by atoms with Gasteiger partial charge in [0.2, 0.25) is 0 Å². The summed E-state index contributed by atoms with van der Waals surface area (Å²) in [5.41, 5.74) is 2.38. The van der Waals surface area contributed by atoms with Crippen molar-refractivity contribution in [1.29, 1.82) is 0 Å². The first-order chi connectivity index (χ1) is 6.77. The maximum Gasteiger partial charge on any atom is 0.0254 e. The Balaban J connectivity index is 2.57. The van der Waals surface area contributed by atoms with Crippen LogP contribution < -0.4 is 0 Å². The van der Waals surface area contributed by atoms with Gasteiger partial charge in [0.1, 0.15) is 0 Å². The lowest BCUT2D eigenvalue weighted by Crippen LogP contribution is -1.79. The number of benzene rings is 2. The second-order valence-electron chi connectivity index (χ2n) is 2.91. The first kappa shape index (κ1) is 9.94. The molecule has 2 heteroatoms. The van der Waals surface area contributed by atoms with Crippen LogP contribution in [0.5, 0.6) is 0 Å². The van der Waals surface area contributed by atoms with Crippen molar-refractivity contribution in [1.82, 2.24) is 0 Å². The molecule has 0 fully saturated rings. The lowest BCUT2D eigenvalue weighted by atomic mass is 10.1. The fourth-order valence-electron chi connectivity index (χ4n) is 1.29. The molecule has 0 aliphatic carbocycles. The average Bonchev–Trinajstić information content (AvgIpc) is 2.23. The smallest absolute Gasteiger partial charge is 0.0254 e. The Morgan fingerprint density at radius 1 is 0.929 bits per heavy atom. The average molecular weight is 311 g/mol. The fourth-order valence-corrected chi connectivity index (χ4v) is 2.12. The molecule has 0 aliphatic heterocycles. The lowest BCUT2D eigenvalue weighted by molar-refractivity contribution is 1.55. The van der Waals surface area contributed by atoms with Gasteiger partial charge in [0.15, 0.2) is 0 Å². The predicted molar refractivity (Wildman–Crippen MR) is 66.1 cm³/mol. The van der Waals surface area contributed by atoms with Crippen molar-refractivity contribution in [3.8, 4) is 11.1 Å². The van der Waals surface area contributed by atoms with E-state index >= 15 is 0 Å². The Morgan fingerprint density at radius 2 is 1.64 bits per heavy atom. The van der Waals surface area contributed by atoms with E-state index < -0.39 is 0 Å². The van der Waals surface area contributed by atoms with Crippen LogP contribution in [0.15, 0.2) is 51.4 Å². The summed E-state index contributed by atoms with van der Waals surface area (Å²) in [5, 5.41) is 0. The summed E-state index contributed by atoms with van der Waals surface area (Å²) >= 11 is 7.00. The molecule has 0 aliphatic rings. The largest absolute Gasteiger partial charge is 0.0538 e. The Hall–Kier alpha value is -0.600. The van der Waals surface area contributed by atoms with Crippen LogP contribution >= 0.6 is 31.9 Å². The number of rotatable bonds is 1. The lowest BCUT2D eigenvalue weighted by Gasteiger charge is -2.04. The molecule has 0 aromatic heterocycles. The Kier molecular flexibility index (Phi) is 3.04. The second kappa shape index (κ2) is 4.28. The second-order valence-corrected chi connectivity index (χ2v) is 4.68. The molecule has 69 valence electrons. The van der Waals surface area contributed by atoms with Gasteiger partial charge in [0.25, 0.3) is 0 Å². The molecule has 0 spiro atoms. The van der Waals surface area contributed by atoms with Gasteiger partial charge in [-0.2, -0.15) is 0 Å². The number of halogens is 2. The molecule has 14 heavy (non-hydrogen) atoms. The summed E-state index contributed by atoms with van der Waals surface area (Å²) < 4.78 is 2.19. The topological polar surface area (TPSA) is 0 Å². The highest BCUT2D eigenvalue weighted by molar-refractivity contribution is 9.11. The minimum atomic E-state index is 1.09. The van der Waals surface area contributed by atoms with Gasteiger partial charge in [-0.25, -0.2) is 0 Å². The molecule has 2 aromatic carbocycles. The molecular formula is C12H7Br2. The van der Waals surface area contributed by atoms with Crippen LogP contribution in [-0.2, 0) is 0 Å². The van der Waals surface area contributed by atoms with Gasteiger partial charge in [-0.15, -0.1) is 0 Å². The maximum atomic E-state index is 3.54. The molecule has 0 nitrogen and oxygen atoms in total. The molecule has 0 atom stereocenters. The highest BCUT2D eigenvalue weighted by atomic mass is 79.9. The summed E-state index contributed by atoms with van der Waals surface area (Å²) in [7, 11) is 0. The third-order valence-corrected chi connectivity index (χ3v) is 3.14. The maximum absolute atomic E-state index is 3.54. The van der Waals surface area contributed by atoms with E-state index in [1.54, 1.807) is 0 Å². The van der Waals surface area contributed by atoms with E-state index in [0.717, 1.165) is 8.95 Å². The van der Waals surface area contributed by atoms with Crippen molar-refractivity contribution in [3.63, 3.8) is 0 Å². The molecule has 0 bridgehead atoms. The van der Waals surface area contributed by atoms with E-state index in [9.17, 15) is 0 Å². The van der Waals surface area contributed by atoms with Crippen molar-refractivity contribution in [2.24, 2.45) is 0 Å². The fraction of sp³-hybridized carbons (Fsp3) is 0. The van der Waals surface area contributed by atoms with Crippen LogP contribution in [0.4, 0.5) is 0 Å². The van der Waals surface area contributed by atoms with E-state index in [1.165, 1.54) is 11.1 Å². The SMILES string of the molecule is Brc1ccc(Br)c(-c2cc[c]cc2)c1. The van der Waals surface area contributed by atoms with Gasteiger partial charge in [-0.1, -0.05) is 56.1 Å². The van der Waals surface area contributed by atoms with Crippen molar-refractivity contribution in [2.75, 3.05) is 0 Å². The van der Waals surface area contributed by atoms with Crippen LogP contribution in [0.3, 0.4) is 0 Å². The zero-order valence-electron chi connectivity index (χ0n) is 7.30. The summed E-state index contributed by atoms with van der Waals surface area (Å²) in [5.74, 6) is 0. The van der Waals surface area contributed by atoms with Crippen LogP contribution in [0, 0.1) is 6.07 Å². The Bertz CT molecular complexity index is 435. The van der Waals surface area contributed by atoms with E-state index in [4.69, 9.17) is 0 Å². The van der Waals surface area contributed by atoms with Crippen molar-refractivity contribution in [2.45, 2.75) is 0 Å². The predicted octanol–water partition coefficient (Wildman–Crippen LogP) is 4.68. The summed E-state index contributed by atoms with van der Waals surface area (Å²) in [6.45, 7) is 0. The molecule has 0 amide bonds. The van der Waals surface area contributed by atoms with Gasteiger partial charge in [-0.3, -0.25) is 0 Å². The zero-order chi connectivity index (χ0) is 9.97. The van der Waals surface area contributed by atoms with Gasteiger partial charge in [0.05, 0.1) is 0 Å². The first-order valence-corrected chi connectivity index (χ1v) is 5.77. The number of hydrogen-bond acceptors (Lipinski definition) is 0. The molecule has 0 saturated carbocycles. The highest BCUT2D eigenvalue weighted by Crippen LogP contribution is 2.30. The van der Waals surface area contributed by atoms with E-state index in [-0.39, 0.29) is 0 Å². The van der Waals surface area contributed by atoms with E-state index in [0.29, 0.717) is 0 Å². The molecule has 0 N–H and O–H groups in total. The van der Waals surface area contributed by atoms with E-state index in [2.05, 4.69) is 44.0 Å². The van der Waals surface area contributed by atoms with E-state index in [1.807, 2.05) is 36.4 Å². The van der Waals surface area contributed by atoms with Crippen LogP contribution in [-0.4, -0.2) is 0 Å². The minimum Gasteiger partial charge on any atom is -0.0538 e. The van der Waals surface area contributed by atoms with Crippen LogP contribution in [0.25, 0.3) is 11.1 Å². The molecule has 0 unspecified atom stereocenters. The number of hydrogen-bond donors (Lipinski definition) is 0. The van der Waals surface area contributed by atoms with Gasteiger partial charge in [0, 0.05) is 8.95 Å². The van der Waals surface area contributed by atoms with Crippen molar-refractivity contribution < 1.29 is 0 Å². The normalized spacial score (nSPS) is 10.1. The molecule has 2 rings (SSSR count). The third-order valence-electron chi connectivity index (χ3n) is 1.96. The minimum absolute atomic E-state index is 1.09. The molecule has 0 saturated heterocycles. The summed E-state index contributed by atoms with van der Waals surface area (Å²) in [6, 6.07) is 17.1. The monoisotopic (exact) mass is 309 g/mol.